The number of hydrogen-bond acceptors (Lipinski definition) is 4. The van der Waals surface area contributed by atoms with Crippen molar-refractivity contribution in [3.63, 3.8) is 0 Å². The van der Waals surface area contributed by atoms with Gasteiger partial charge in [-0.1, -0.05) is 30.3 Å². The number of benzene rings is 1. The summed E-state index contributed by atoms with van der Waals surface area (Å²) in [6.07, 6.45) is 7.81. The topological polar surface area (TPSA) is 61.9 Å². The Labute approximate surface area is 170 Å². The van der Waals surface area contributed by atoms with E-state index in [0.717, 1.165) is 68.0 Å². The highest BCUT2D eigenvalue weighted by Crippen LogP contribution is 2.44. The molecule has 1 N–H and O–H groups in total. The predicted molar refractivity (Wildman–Crippen MR) is 114 cm³/mol. The molecule has 1 spiro atoms. The van der Waals surface area contributed by atoms with Gasteiger partial charge in [-0.2, -0.15) is 0 Å². The van der Waals surface area contributed by atoms with Gasteiger partial charge in [0.05, 0.1) is 5.69 Å². The summed E-state index contributed by atoms with van der Waals surface area (Å²) >= 11 is 0. The van der Waals surface area contributed by atoms with E-state index in [0.29, 0.717) is 0 Å². The quantitative estimate of drug-likeness (QED) is 0.747. The van der Waals surface area contributed by atoms with Gasteiger partial charge in [0.2, 0.25) is 0 Å². The van der Waals surface area contributed by atoms with E-state index in [4.69, 9.17) is 4.98 Å². The lowest BCUT2D eigenvalue weighted by atomic mass is 9.76. The van der Waals surface area contributed by atoms with Crippen LogP contribution in [0.4, 0.5) is 0 Å². The summed E-state index contributed by atoms with van der Waals surface area (Å²) in [5.74, 6) is 0.742. The maximum atomic E-state index is 12.3. The van der Waals surface area contributed by atoms with Crippen LogP contribution < -0.4 is 5.56 Å². The first kappa shape index (κ1) is 18.3. The van der Waals surface area contributed by atoms with Gasteiger partial charge >= 0.3 is 0 Å². The minimum absolute atomic E-state index is 0.0699. The van der Waals surface area contributed by atoms with Crippen molar-refractivity contribution in [2.75, 3.05) is 13.1 Å². The standard InChI is InChI=1S/C24H26N4O/c1-17-26-22-21(23(29)27-17)8-9-24(22)10-13-28(14-11-24)16-18-4-6-19(7-5-18)20-3-2-12-25-15-20/h2-7,12,15H,8-11,13-14,16H2,1H3,(H,26,27,29). The maximum Gasteiger partial charge on any atom is 0.254 e. The lowest BCUT2D eigenvalue weighted by Crippen LogP contribution is -2.41. The first-order valence-corrected chi connectivity index (χ1v) is 10.4. The molecule has 1 aromatic carbocycles. The number of fused-ring (bicyclic) bond motifs is 2. The van der Waals surface area contributed by atoms with Gasteiger partial charge in [-0.25, -0.2) is 4.98 Å². The fraction of sp³-hybridized carbons (Fsp3) is 0.375. The number of nitrogens with one attached hydrogen (secondary N) is 1. The molecular weight excluding hydrogens is 360 g/mol. The number of aromatic amines is 1. The summed E-state index contributed by atoms with van der Waals surface area (Å²) in [4.78, 5) is 26.6. The second kappa shape index (κ2) is 7.23. The number of rotatable bonds is 3. The van der Waals surface area contributed by atoms with Crippen LogP contribution in [0.25, 0.3) is 11.1 Å². The summed E-state index contributed by atoms with van der Waals surface area (Å²) in [7, 11) is 0. The molecule has 3 aromatic rings. The average molecular weight is 386 g/mol. The lowest BCUT2D eigenvalue weighted by molar-refractivity contribution is 0.150. The molecule has 0 radical (unpaired) electrons. The number of aryl methyl sites for hydroxylation is 1. The fourth-order valence-corrected chi connectivity index (χ4v) is 4.98. The summed E-state index contributed by atoms with van der Waals surface area (Å²) < 4.78 is 0. The molecule has 1 aliphatic carbocycles. The molecular formula is C24H26N4O. The number of nitrogens with zero attached hydrogens (tertiary/aromatic N) is 3. The van der Waals surface area contributed by atoms with E-state index in [1.54, 1.807) is 6.20 Å². The highest BCUT2D eigenvalue weighted by molar-refractivity contribution is 5.62. The Morgan fingerprint density at radius 1 is 1.07 bits per heavy atom. The minimum atomic E-state index is 0.0699. The molecule has 29 heavy (non-hydrogen) atoms. The Balaban J connectivity index is 1.26. The van der Waals surface area contributed by atoms with Crippen molar-refractivity contribution < 1.29 is 0 Å². The van der Waals surface area contributed by atoms with E-state index in [2.05, 4.69) is 45.2 Å². The van der Waals surface area contributed by atoms with Crippen LogP contribution in [0.5, 0.6) is 0 Å². The van der Waals surface area contributed by atoms with Crippen molar-refractivity contribution in [2.24, 2.45) is 0 Å². The van der Waals surface area contributed by atoms with E-state index in [1.807, 2.05) is 19.2 Å². The maximum absolute atomic E-state index is 12.3. The summed E-state index contributed by atoms with van der Waals surface area (Å²) in [6, 6.07) is 12.9. The molecule has 2 aromatic heterocycles. The zero-order valence-electron chi connectivity index (χ0n) is 16.8. The zero-order chi connectivity index (χ0) is 19.8. The van der Waals surface area contributed by atoms with Crippen molar-refractivity contribution in [1.82, 2.24) is 19.9 Å². The van der Waals surface area contributed by atoms with Crippen molar-refractivity contribution in [3.8, 4) is 11.1 Å². The largest absolute Gasteiger partial charge is 0.311 e. The van der Waals surface area contributed by atoms with Crippen LogP contribution in [-0.4, -0.2) is 32.9 Å². The van der Waals surface area contributed by atoms with Gasteiger partial charge in [0, 0.05) is 29.9 Å². The molecule has 0 amide bonds. The van der Waals surface area contributed by atoms with Gasteiger partial charge < -0.3 is 4.98 Å². The number of aromatic nitrogens is 3. The molecule has 0 bridgehead atoms. The molecule has 0 unspecified atom stereocenters. The highest BCUT2D eigenvalue weighted by Gasteiger charge is 2.43. The highest BCUT2D eigenvalue weighted by atomic mass is 16.1. The van der Waals surface area contributed by atoms with Crippen molar-refractivity contribution in [2.45, 2.75) is 44.6 Å². The van der Waals surface area contributed by atoms with E-state index in [9.17, 15) is 4.79 Å². The molecule has 1 fully saturated rings. The van der Waals surface area contributed by atoms with Crippen LogP contribution >= 0.6 is 0 Å². The Morgan fingerprint density at radius 3 is 2.59 bits per heavy atom. The molecule has 148 valence electrons. The Kier molecular flexibility index (Phi) is 4.55. The van der Waals surface area contributed by atoms with E-state index < -0.39 is 0 Å². The molecule has 5 nitrogen and oxygen atoms in total. The van der Waals surface area contributed by atoms with E-state index in [1.165, 1.54) is 11.1 Å². The third-order valence-corrected chi connectivity index (χ3v) is 6.66. The third-order valence-electron chi connectivity index (χ3n) is 6.66. The molecule has 0 atom stereocenters. The van der Waals surface area contributed by atoms with Crippen molar-refractivity contribution >= 4 is 0 Å². The summed E-state index contributed by atoms with van der Waals surface area (Å²) in [5.41, 5.74) is 5.88. The molecule has 1 saturated heterocycles. The number of likely N-dealkylation sites (tertiary alicyclic amines) is 1. The van der Waals surface area contributed by atoms with Gasteiger partial charge in [0.15, 0.2) is 0 Å². The third kappa shape index (κ3) is 3.40. The normalized spacial score (nSPS) is 18.1. The van der Waals surface area contributed by atoms with Crippen LogP contribution in [0, 0.1) is 6.92 Å². The second-order valence-corrected chi connectivity index (χ2v) is 8.47. The lowest BCUT2D eigenvalue weighted by Gasteiger charge is -2.39. The summed E-state index contributed by atoms with van der Waals surface area (Å²) in [6.45, 7) is 4.96. The van der Waals surface area contributed by atoms with Crippen LogP contribution in [0.15, 0.2) is 53.6 Å². The zero-order valence-corrected chi connectivity index (χ0v) is 16.8. The van der Waals surface area contributed by atoms with Crippen LogP contribution in [0.3, 0.4) is 0 Å². The van der Waals surface area contributed by atoms with Crippen LogP contribution in [0.1, 0.15) is 41.9 Å². The monoisotopic (exact) mass is 386 g/mol. The van der Waals surface area contributed by atoms with Gasteiger partial charge in [-0.3, -0.25) is 14.7 Å². The fourth-order valence-electron chi connectivity index (χ4n) is 4.98. The number of H-pyrrole nitrogens is 1. The molecule has 0 saturated carbocycles. The number of piperidine rings is 1. The van der Waals surface area contributed by atoms with Gasteiger partial charge in [0.25, 0.3) is 5.56 Å². The predicted octanol–water partition coefficient (Wildman–Crippen LogP) is 3.62. The molecule has 5 rings (SSSR count). The Bertz CT molecular complexity index is 1060. The SMILES string of the molecule is Cc1nc2c(c(=O)[nH]1)CCC21CCN(Cc2ccc(-c3cccnc3)cc2)CC1. The minimum Gasteiger partial charge on any atom is -0.311 e. The van der Waals surface area contributed by atoms with Crippen LogP contribution in [0.2, 0.25) is 0 Å². The molecule has 2 aliphatic rings. The Hall–Kier alpha value is -2.79. The smallest absolute Gasteiger partial charge is 0.254 e. The first-order valence-electron chi connectivity index (χ1n) is 10.4. The average Bonchev–Trinajstić information content (AvgIpc) is 3.09. The van der Waals surface area contributed by atoms with Gasteiger partial charge in [0.1, 0.15) is 5.82 Å². The number of pyridine rings is 1. The molecule has 1 aliphatic heterocycles. The van der Waals surface area contributed by atoms with E-state index >= 15 is 0 Å². The first-order chi connectivity index (χ1) is 14.1. The second-order valence-electron chi connectivity index (χ2n) is 8.47. The molecule has 3 heterocycles. The van der Waals surface area contributed by atoms with Crippen molar-refractivity contribution in [1.29, 1.82) is 0 Å². The van der Waals surface area contributed by atoms with Gasteiger partial charge in [-0.05, 0) is 68.5 Å². The van der Waals surface area contributed by atoms with Gasteiger partial charge in [-0.15, -0.1) is 0 Å². The number of hydrogen-bond donors (Lipinski definition) is 1. The summed E-state index contributed by atoms with van der Waals surface area (Å²) in [5, 5.41) is 0. The van der Waals surface area contributed by atoms with Crippen molar-refractivity contribution in [3.05, 3.63) is 81.8 Å². The molecule has 5 heteroatoms. The van der Waals surface area contributed by atoms with E-state index in [-0.39, 0.29) is 11.0 Å². The Morgan fingerprint density at radius 2 is 1.86 bits per heavy atom. The van der Waals surface area contributed by atoms with Crippen LogP contribution in [-0.2, 0) is 18.4 Å².